The smallest absolute Gasteiger partial charge is 0.326 e. The number of nitrogens with two attached hydrogens (primary N) is 1. The van der Waals surface area contributed by atoms with E-state index in [1.165, 1.54) is 46.0 Å². The molecule has 15 nitrogen and oxygen atoms in total. The lowest BCUT2D eigenvalue weighted by molar-refractivity contribution is -0.142. The maximum Gasteiger partial charge on any atom is 0.326 e. The van der Waals surface area contributed by atoms with Crippen molar-refractivity contribution >= 4 is 53.3 Å². The minimum Gasteiger partial charge on any atom is -0.480 e. The SMILES string of the molecule is CCCCCCCCCCCC(=O)N[C@@H](C)C(=O)N[C@H](CCC(=O)N[C@H](CSC[C@H](N)C(=O)O)C(=O)N[C@H](C)C(=O)O)C(=O)O. The fourth-order valence-corrected chi connectivity index (χ4v) is 5.02. The highest BCUT2D eigenvalue weighted by Gasteiger charge is 2.28. The van der Waals surface area contributed by atoms with E-state index in [1.54, 1.807) is 0 Å². The molecule has 0 aromatic heterocycles. The minimum atomic E-state index is -1.47. The Morgan fingerprint density at radius 1 is 0.600 bits per heavy atom. The van der Waals surface area contributed by atoms with Crippen LogP contribution in [-0.2, 0) is 33.6 Å². The number of carbonyl (C=O) groups excluding carboxylic acids is 4. The molecule has 0 heterocycles. The molecule has 0 aliphatic carbocycles. The third kappa shape index (κ3) is 20.3. The number of amides is 4. The molecular weight excluding hydrogens is 610 g/mol. The number of nitrogens with one attached hydrogen (secondary N) is 4. The topological polar surface area (TPSA) is 254 Å². The average Bonchev–Trinajstić information content (AvgIpc) is 2.97. The summed E-state index contributed by atoms with van der Waals surface area (Å²) in [6.07, 6.45) is 9.33. The number of hydrogen-bond acceptors (Lipinski definition) is 9. The zero-order chi connectivity index (χ0) is 34.4. The molecular formula is C29H51N5O10S. The highest BCUT2D eigenvalue weighted by Crippen LogP contribution is 2.11. The molecule has 0 aromatic carbocycles. The lowest BCUT2D eigenvalue weighted by Crippen LogP contribution is -2.53. The van der Waals surface area contributed by atoms with Crippen LogP contribution in [0.25, 0.3) is 0 Å². The number of carbonyl (C=O) groups is 7. The summed E-state index contributed by atoms with van der Waals surface area (Å²) in [5.74, 6) is -6.89. The van der Waals surface area contributed by atoms with Gasteiger partial charge in [-0.15, -0.1) is 0 Å². The van der Waals surface area contributed by atoms with Crippen molar-refractivity contribution in [1.29, 1.82) is 0 Å². The normalized spacial score (nSPS) is 14.2. The van der Waals surface area contributed by atoms with Gasteiger partial charge in [0.1, 0.15) is 30.2 Å². The predicted molar refractivity (Wildman–Crippen MR) is 168 cm³/mol. The number of unbranched alkanes of at least 4 members (excludes halogenated alkanes) is 8. The summed E-state index contributed by atoms with van der Waals surface area (Å²) in [6, 6.07) is -6.26. The van der Waals surface area contributed by atoms with Crippen molar-refractivity contribution in [2.45, 2.75) is 128 Å². The average molecular weight is 662 g/mol. The quantitative estimate of drug-likeness (QED) is 0.0604. The Morgan fingerprint density at radius 2 is 1.16 bits per heavy atom. The van der Waals surface area contributed by atoms with Crippen LogP contribution in [-0.4, -0.2) is 98.6 Å². The molecule has 0 aromatic rings. The van der Waals surface area contributed by atoms with Crippen LogP contribution in [0.4, 0.5) is 0 Å². The van der Waals surface area contributed by atoms with E-state index in [4.69, 9.17) is 15.9 Å². The van der Waals surface area contributed by atoms with Crippen LogP contribution in [0.15, 0.2) is 0 Å². The summed E-state index contributed by atoms with van der Waals surface area (Å²) in [6.45, 7) is 4.81. The van der Waals surface area contributed by atoms with Crippen LogP contribution in [0.1, 0.15) is 97.8 Å². The summed E-state index contributed by atoms with van der Waals surface area (Å²) < 4.78 is 0. The monoisotopic (exact) mass is 661 g/mol. The molecule has 9 N–H and O–H groups in total. The van der Waals surface area contributed by atoms with Crippen LogP contribution in [0, 0.1) is 0 Å². The Balaban J connectivity index is 4.82. The van der Waals surface area contributed by atoms with E-state index in [-0.39, 0.29) is 30.3 Å². The highest BCUT2D eigenvalue weighted by molar-refractivity contribution is 7.99. The molecule has 0 rings (SSSR count). The summed E-state index contributed by atoms with van der Waals surface area (Å²) in [7, 11) is 0. The van der Waals surface area contributed by atoms with E-state index in [2.05, 4.69) is 28.2 Å². The van der Waals surface area contributed by atoms with E-state index < -0.39 is 72.3 Å². The first-order chi connectivity index (χ1) is 21.2. The molecule has 16 heteroatoms. The lowest BCUT2D eigenvalue weighted by Gasteiger charge is -2.21. The van der Waals surface area contributed by atoms with Gasteiger partial charge in [0, 0.05) is 24.3 Å². The number of carboxylic acids is 3. The summed E-state index contributed by atoms with van der Waals surface area (Å²) >= 11 is 0.946. The first-order valence-electron chi connectivity index (χ1n) is 15.4. The molecule has 4 amide bonds. The number of carboxylic acid groups (broad SMARTS) is 3. The van der Waals surface area contributed by atoms with Gasteiger partial charge in [-0.25, -0.2) is 4.79 Å². The molecule has 258 valence electrons. The molecule has 0 radical (unpaired) electrons. The van der Waals surface area contributed by atoms with Gasteiger partial charge in [-0.3, -0.25) is 28.8 Å². The molecule has 0 aliphatic rings. The van der Waals surface area contributed by atoms with Crippen molar-refractivity contribution in [3.63, 3.8) is 0 Å². The van der Waals surface area contributed by atoms with Gasteiger partial charge < -0.3 is 42.3 Å². The van der Waals surface area contributed by atoms with Crippen molar-refractivity contribution in [3.8, 4) is 0 Å². The van der Waals surface area contributed by atoms with Gasteiger partial charge in [0.2, 0.25) is 23.6 Å². The van der Waals surface area contributed by atoms with E-state index >= 15 is 0 Å². The number of thioether (sulfide) groups is 1. The molecule has 0 unspecified atom stereocenters. The van der Waals surface area contributed by atoms with Crippen molar-refractivity contribution in [3.05, 3.63) is 0 Å². The first kappa shape index (κ1) is 41.6. The lowest BCUT2D eigenvalue weighted by atomic mass is 10.1. The minimum absolute atomic E-state index is 0.0928. The van der Waals surface area contributed by atoms with E-state index in [9.17, 15) is 38.7 Å². The van der Waals surface area contributed by atoms with Gasteiger partial charge >= 0.3 is 17.9 Å². The molecule has 0 saturated heterocycles. The summed E-state index contributed by atoms with van der Waals surface area (Å²) in [4.78, 5) is 83.8. The third-order valence-corrected chi connectivity index (χ3v) is 8.00. The molecule has 0 saturated carbocycles. The van der Waals surface area contributed by atoms with Crippen LogP contribution in [0.5, 0.6) is 0 Å². The second-order valence-electron chi connectivity index (χ2n) is 11.0. The zero-order valence-corrected chi connectivity index (χ0v) is 27.3. The van der Waals surface area contributed by atoms with Crippen molar-refractivity contribution < 1.29 is 48.9 Å². The van der Waals surface area contributed by atoms with Crippen LogP contribution in [0.3, 0.4) is 0 Å². The second-order valence-corrected chi connectivity index (χ2v) is 12.1. The zero-order valence-electron chi connectivity index (χ0n) is 26.5. The Morgan fingerprint density at radius 3 is 1.69 bits per heavy atom. The standard InChI is InChI=1S/C29H51N5O10S/c1-4-5-6-7-8-9-10-11-12-13-23(35)31-18(2)25(37)34-21(29(43)44)14-15-24(36)33-22(17-45-16-20(30)28(41)42)26(38)32-19(3)27(39)40/h18-22H,4-17,30H2,1-3H3,(H,31,35)(H,32,38)(H,33,36)(H,34,37)(H,39,40)(H,41,42)(H,43,44)/t18-,19+,20-,21+,22+/m0/s1. The second kappa shape index (κ2) is 23.9. The van der Waals surface area contributed by atoms with Gasteiger partial charge in [-0.2, -0.15) is 11.8 Å². The Hall–Kier alpha value is -3.40. The van der Waals surface area contributed by atoms with Gasteiger partial charge in [-0.1, -0.05) is 58.3 Å². The highest BCUT2D eigenvalue weighted by atomic mass is 32.2. The maximum absolute atomic E-state index is 12.6. The van der Waals surface area contributed by atoms with Gasteiger partial charge in [-0.05, 0) is 26.7 Å². The molecule has 0 spiro atoms. The van der Waals surface area contributed by atoms with Crippen LogP contribution in [0.2, 0.25) is 0 Å². The predicted octanol–water partition coefficient (Wildman–Crippen LogP) is 0.981. The number of aliphatic carboxylic acids is 3. The van der Waals surface area contributed by atoms with E-state index in [0.29, 0.717) is 6.42 Å². The van der Waals surface area contributed by atoms with Crippen LogP contribution < -0.4 is 27.0 Å². The molecule has 0 aliphatic heterocycles. The Labute approximate surface area is 268 Å². The fourth-order valence-electron chi connectivity index (χ4n) is 4.01. The van der Waals surface area contributed by atoms with Gasteiger partial charge in [0.25, 0.3) is 0 Å². The fraction of sp³-hybridized carbons (Fsp3) is 0.759. The van der Waals surface area contributed by atoms with Gasteiger partial charge in [0.15, 0.2) is 0 Å². The van der Waals surface area contributed by atoms with E-state index in [0.717, 1.165) is 31.0 Å². The van der Waals surface area contributed by atoms with Crippen LogP contribution >= 0.6 is 11.8 Å². The third-order valence-electron chi connectivity index (χ3n) is 6.83. The van der Waals surface area contributed by atoms with Crippen molar-refractivity contribution in [2.75, 3.05) is 11.5 Å². The first-order valence-corrected chi connectivity index (χ1v) is 16.6. The molecule has 45 heavy (non-hydrogen) atoms. The Kier molecular flexibility index (Phi) is 22.1. The largest absolute Gasteiger partial charge is 0.480 e. The summed E-state index contributed by atoms with van der Waals surface area (Å²) in [5, 5.41) is 37.0. The van der Waals surface area contributed by atoms with Gasteiger partial charge in [0.05, 0.1) is 0 Å². The number of rotatable bonds is 26. The number of hydrogen-bond donors (Lipinski definition) is 8. The van der Waals surface area contributed by atoms with E-state index in [1.807, 2.05) is 0 Å². The molecule has 5 atom stereocenters. The maximum atomic E-state index is 12.6. The van der Waals surface area contributed by atoms with Crippen molar-refractivity contribution in [1.82, 2.24) is 21.3 Å². The molecule has 0 fully saturated rings. The summed E-state index contributed by atoms with van der Waals surface area (Å²) in [5.41, 5.74) is 5.45. The Bertz CT molecular complexity index is 983. The molecule has 0 bridgehead atoms. The van der Waals surface area contributed by atoms with Crippen molar-refractivity contribution in [2.24, 2.45) is 5.73 Å².